The molecule has 0 unspecified atom stereocenters. The summed E-state index contributed by atoms with van der Waals surface area (Å²) in [7, 11) is 3.87. The van der Waals surface area contributed by atoms with Gasteiger partial charge in [0, 0.05) is 32.7 Å². The fourth-order valence-electron chi connectivity index (χ4n) is 2.07. The minimum absolute atomic E-state index is 0.0493. The number of hydrogen-bond donors (Lipinski definition) is 1. The zero-order valence-electron chi connectivity index (χ0n) is 12.6. The van der Waals surface area contributed by atoms with Crippen molar-refractivity contribution in [2.24, 2.45) is 5.92 Å². The molecule has 0 atom stereocenters. The van der Waals surface area contributed by atoms with Crippen LogP contribution in [0, 0.1) is 5.92 Å². The molecule has 1 aromatic rings. The van der Waals surface area contributed by atoms with Gasteiger partial charge in [-0.15, -0.1) is 0 Å². The second-order valence-electron chi connectivity index (χ2n) is 5.41. The molecule has 0 heterocycles. The molecule has 0 aromatic heterocycles. The maximum Gasteiger partial charge on any atom is 0.253 e. The number of amides is 1. The van der Waals surface area contributed by atoms with Crippen LogP contribution in [-0.4, -0.2) is 38.0 Å². The standard InChI is InChI=1S/C15H25N3O/c1-6-18(10-11(2)3)15(19)12-7-8-14(17(4)5)13(16)9-12/h7-9,11H,6,10,16H2,1-5H3. The van der Waals surface area contributed by atoms with Crippen molar-refractivity contribution in [1.82, 2.24) is 4.90 Å². The summed E-state index contributed by atoms with van der Waals surface area (Å²) in [5, 5.41) is 0. The number of benzene rings is 1. The lowest BCUT2D eigenvalue weighted by Gasteiger charge is -2.23. The molecule has 106 valence electrons. The van der Waals surface area contributed by atoms with Gasteiger partial charge in [0.2, 0.25) is 0 Å². The monoisotopic (exact) mass is 263 g/mol. The van der Waals surface area contributed by atoms with Gasteiger partial charge in [0.25, 0.3) is 5.91 Å². The van der Waals surface area contributed by atoms with Crippen LogP contribution >= 0.6 is 0 Å². The number of hydrogen-bond acceptors (Lipinski definition) is 3. The highest BCUT2D eigenvalue weighted by Crippen LogP contribution is 2.23. The number of anilines is 2. The Morgan fingerprint density at radius 2 is 1.95 bits per heavy atom. The molecular weight excluding hydrogens is 238 g/mol. The molecular formula is C15H25N3O. The van der Waals surface area contributed by atoms with E-state index in [1.165, 1.54) is 0 Å². The van der Waals surface area contributed by atoms with Gasteiger partial charge in [0.1, 0.15) is 0 Å². The highest BCUT2D eigenvalue weighted by atomic mass is 16.2. The summed E-state index contributed by atoms with van der Waals surface area (Å²) < 4.78 is 0. The summed E-state index contributed by atoms with van der Waals surface area (Å²) in [4.78, 5) is 16.2. The fourth-order valence-corrected chi connectivity index (χ4v) is 2.07. The molecule has 19 heavy (non-hydrogen) atoms. The van der Waals surface area contributed by atoms with E-state index in [4.69, 9.17) is 5.73 Å². The normalized spacial score (nSPS) is 10.6. The number of nitrogens with zero attached hydrogens (tertiary/aromatic N) is 2. The molecule has 0 saturated heterocycles. The molecule has 1 aromatic carbocycles. The van der Waals surface area contributed by atoms with Crippen molar-refractivity contribution < 1.29 is 4.79 Å². The Morgan fingerprint density at radius 3 is 2.37 bits per heavy atom. The Kier molecular flexibility index (Phi) is 5.21. The highest BCUT2D eigenvalue weighted by Gasteiger charge is 2.16. The first kappa shape index (κ1) is 15.3. The Morgan fingerprint density at radius 1 is 1.32 bits per heavy atom. The minimum atomic E-state index is 0.0493. The van der Waals surface area contributed by atoms with Gasteiger partial charge >= 0.3 is 0 Å². The average molecular weight is 263 g/mol. The fraction of sp³-hybridized carbons (Fsp3) is 0.533. The van der Waals surface area contributed by atoms with Crippen molar-refractivity contribution in [1.29, 1.82) is 0 Å². The Labute approximate surface area is 116 Å². The molecule has 0 saturated carbocycles. The van der Waals surface area contributed by atoms with Crippen molar-refractivity contribution in [3.63, 3.8) is 0 Å². The summed E-state index contributed by atoms with van der Waals surface area (Å²) in [6.07, 6.45) is 0. The third-order valence-corrected chi connectivity index (χ3v) is 3.01. The second kappa shape index (κ2) is 6.45. The predicted molar refractivity (Wildman–Crippen MR) is 81.6 cm³/mol. The molecule has 0 fully saturated rings. The van der Waals surface area contributed by atoms with Crippen molar-refractivity contribution in [3.05, 3.63) is 23.8 Å². The number of nitrogens with two attached hydrogens (primary N) is 1. The van der Waals surface area contributed by atoms with Gasteiger partial charge in [0.05, 0.1) is 11.4 Å². The van der Waals surface area contributed by atoms with Crippen LogP contribution < -0.4 is 10.6 Å². The smallest absolute Gasteiger partial charge is 0.253 e. The van der Waals surface area contributed by atoms with Crippen molar-refractivity contribution >= 4 is 17.3 Å². The largest absolute Gasteiger partial charge is 0.397 e. The van der Waals surface area contributed by atoms with Gasteiger partial charge < -0.3 is 15.5 Å². The maximum absolute atomic E-state index is 12.4. The van der Waals surface area contributed by atoms with E-state index in [0.717, 1.165) is 12.2 Å². The lowest BCUT2D eigenvalue weighted by molar-refractivity contribution is 0.0746. The molecule has 1 amide bonds. The highest BCUT2D eigenvalue weighted by molar-refractivity contribution is 5.96. The number of carbonyl (C=O) groups excluding carboxylic acids is 1. The van der Waals surface area contributed by atoms with Gasteiger partial charge in [0.15, 0.2) is 0 Å². The van der Waals surface area contributed by atoms with Crippen molar-refractivity contribution in [3.8, 4) is 0 Å². The SMILES string of the molecule is CCN(CC(C)C)C(=O)c1ccc(N(C)C)c(N)c1. The van der Waals surface area contributed by atoms with Crippen LogP contribution in [0.15, 0.2) is 18.2 Å². The van der Waals surface area contributed by atoms with Gasteiger partial charge in [-0.25, -0.2) is 0 Å². The predicted octanol–water partition coefficient (Wildman–Crippen LogP) is 2.45. The van der Waals surface area contributed by atoms with E-state index >= 15 is 0 Å². The molecule has 4 heteroatoms. The van der Waals surface area contributed by atoms with E-state index < -0.39 is 0 Å². The van der Waals surface area contributed by atoms with Crippen LogP contribution in [0.5, 0.6) is 0 Å². The quantitative estimate of drug-likeness (QED) is 0.830. The van der Waals surface area contributed by atoms with E-state index in [1.807, 2.05) is 43.0 Å². The van der Waals surface area contributed by atoms with Crippen LogP contribution in [0.25, 0.3) is 0 Å². The van der Waals surface area contributed by atoms with E-state index in [0.29, 0.717) is 23.7 Å². The minimum Gasteiger partial charge on any atom is -0.397 e. The Balaban J connectivity index is 2.96. The van der Waals surface area contributed by atoms with Crippen LogP contribution in [0.4, 0.5) is 11.4 Å². The molecule has 0 aliphatic rings. The average Bonchev–Trinajstić information content (AvgIpc) is 2.34. The summed E-state index contributed by atoms with van der Waals surface area (Å²) in [6.45, 7) is 7.70. The maximum atomic E-state index is 12.4. The Bertz CT molecular complexity index is 441. The van der Waals surface area contributed by atoms with Crippen LogP contribution in [-0.2, 0) is 0 Å². The lowest BCUT2D eigenvalue weighted by atomic mass is 10.1. The summed E-state index contributed by atoms with van der Waals surface area (Å²) in [5.74, 6) is 0.510. The first-order valence-electron chi connectivity index (χ1n) is 6.72. The van der Waals surface area contributed by atoms with Gasteiger partial charge in [-0.2, -0.15) is 0 Å². The topological polar surface area (TPSA) is 49.6 Å². The van der Waals surface area contributed by atoms with E-state index in [-0.39, 0.29) is 5.91 Å². The molecule has 1 rings (SSSR count). The zero-order chi connectivity index (χ0) is 14.6. The van der Waals surface area contributed by atoms with E-state index in [1.54, 1.807) is 6.07 Å². The molecule has 0 bridgehead atoms. The van der Waals surface area contributed by atoms with E-state index in [2.05, 4.69) is 13.8 Å². The summed E-state index contributed by atoms with van der Waals surface area (Å²) in [6, 6.07) is 5.50. The molecule has 0 spiro atoms. The summed E-state index contributed by atoms with van der Waals surface area (Å²) in [5.41, 5.74) is 8.22. The molecule has 0 aliphatic heterocycles. The van der Waals surface area contributed by atoms with Crippen LogP contribution in [0.3, 0.4) is 0 Å². The molecule has 2 N–H and O–H groups in total. The van der Waals surface area contributed by atoms with Crippen LogP contribution in [0.1, 0.15) is 31.1 Å². The van der Waals surface area contributed by atoms with Gasteiger partial charge in [-0.1, -0.05) is 13.8 Å². The van der Waals surface area contributed by atoms with Crippen molar-refractivity contribution in [2.45, 2.75) is 20.8 Å². The first-order valence-corrected chi connectivity index (χ1v) is 6.72. The zero-order valence-corrected chi connectivity index (χ0v) is 12.6. The van der Waals surface area contributed by atoms with E-state index in [9.17, 15) is 4.79 Å². The van der Waals surface area contributed by atoms with Gasteiger partial charge in [-0.05, 0) is 31.0 Å². The van der Waals surface area contributed by atoms with Crippen molar-refractivity contribution in [2.75, 3.05) is 37.8 Å². The number of rotatable bonds is 5. The molecule has 0 aliphatic carbocycles. The third kappa shape index (κ3) is 3.88. The number of nitrogen functional groups attached to an aromatic ring is 1. The first-order chi connectivity index (χ1) is 8.86. The third-order valence-electron chi connectivity index (χ3n) is 3.01. The van der Waals surface area contributed by atoms with Crippen LogP contribution in [0.2, 0.25) is 0 Å². The molecule has 0 radical (unpaired) electrons. The van der Waals surface area contributed by atoms with Gasteiger partial charge in [-0.3, -0.25) is 4.79 Å². The molecule has 4 nitrogen and oxygen atoms in total. The summed E-state index contributed by atoms with van der Waals surface area (Å²) >= 11 is 0. The second-order valence-corrected chi connectivity index (χ2v) is 5.41. The number of carbonyl (C=O) groups is 1. The Hall–Kier alpha value is -1.71. The lowest BCUT2D eigenvalue weighted by Crippen LogP contribution is -2.34.